The third kappa shape index (κ3) is 5.86. The van der Waals surface area contributed by atoms with Gasteiger partial charge in [0, 0.05) is 40.2 Å². The van der Waals surface area contributed by atoms with Crippen molar-refractivity contribution in [1.82, 2.24) is 4.72 Å². The highest BCUT2D eigenvalue weighted by Gasteiger charge is 2.15. The molecule has 2 rings (SSSR count). The van der Waals surface area contributed by atoms with Gasteiger partial charge in [-0.3, -0.25) is 10.1 Å². The summed E-state index contributed by atoms with van der Waals surface area (Å²) in [6, 6.07) is 9.98. The molecule has 0 aromatic heterocycles. The molecule has 2 aromatic carbocycles. The molecule has 0 bridgehead atoms. The standard InChI is InChI=1S/C15H14Cl2N2O4S2/c16-12-2-1-11(15(17)9-12)10-24-8-7-18-25(22,23)14-5-3-13(4-6-14)19(20)21/h1-6,9,18H,7-8,10H2. The van der Waals surface area contributed by atoms with Gasteiger partial charge in [-0.15, -0.1) is 0 Å². The number of rotatable bonds is 8. The molecule has 1 N–H and O–H groups in total. The monoisotopic (exact) mass is 420 g/mol. The highest BCUT2D eigenvalue weighted by atomic mass is 35.5. The Morgan fingerprint density at radius 2 is 1.80 bits per heavy atom. The molecule has 134 valence electrons. The molecule has 10 heteroatoms. The smallest absolute Gasteiger partial charge is 0.258 e. The molecule has 0 fully saturated rings. The molecule has 0 aliphatic rings. The Balaban J connectivity index is 1.83. The normalized spacial score (nSPS) is 11.4. The molecule has 0 aliphatic heterocycles. The first-order chi connectivity index (χ1) is 11.8. The quantitative estimate of drug-likeness (QED) is 0.394. The number of nitrogens with one attached hydrogen (secondary N) is 1. The maximum absolute atomic E-state index is 12.1. The molecule has 0 radical (unpaired) electrons. The minimum absolute atomic E-state index is 0.0103. The molecule has 0 amide bonds. The second-order valence-corrected chi connectivity index (χ2v) is 8.65. The van der Waals surface area contributed by atoms with Crippen LogP contribution in [0.25, 0.3) is 0 Å². The molecule has 25 heavy (non-hydrogen) atoms. The van der Waals surface area contributed by atoms with Gasteiger partial charge in [-0.05, 0) is 29.8 Å². The van der Waals surface area contributed by atoms with Gasteiger partial charge >= 0.3 is 0 Å². The molecule has 0 heterocycles. The third-order valence-electron chi connectivity index (χ3n) is 3.17. The van der Waals surface area contributed by atoms with Crippen LogP contribution < -0.4 is 4.72 Å². The van der Waals surface area contributed by atoms with E-state index in [1.165, 1.54) is 23.9 Å². The Morgan fingerprint density at radius 1 is 1.12 bits per heavy atom. The first-order valence-corrected chi connectivity index (χ1v) is 10.4. The van der Waals surface area contributed by atoms with Crippen molar-refractivity contribution in [3.8, 4) is 0 Å². The van der Waals surface area contributed by atoms with E-state index in [-0.39, 0.29) is 17.1 Å². The number of benzene rings is 2. The summed E-state index contributed by atoms with van der Waals surface area (Å²) in [6.45, 7) is 0.231. The summed E-state index contributed by atoms with van der Waals surface area (Å²) in [5, 5.41) is 11.7. The number of thioether (sulfide) groups is 1. The molecule has 2 aromatic rings. The van der Waals surface area contributed by atoms with Gasteiger partial charge < -0.3 is 0 Å². The van der Waals surface area contributed by atoms with Gasteiger partial charge in [-0.2, -0.15) is 11.8 Å². The fourth-order valence-electron chi connectivity index (χ4n) is 1.90. The fraction of sp³-hybridized carbons (Fsp3) is 0.200. The van der Waals surface area contributed by atoms with Crippen LogP contribution in [0.2, 0.25) is 10.0 Å². The van der Waals surface area contributed by atoms with Crippen LogP contribution in [0.1, 0.15) is 5.56 Å². The summed E-state index contributed by atoms with van der Waals surface area (Å²) >= 11 is 13.4. The van der Waals surface area contributed by atoms with Crippen molar-refractivity contribution in [2.24, 2.45) is 0 Å². The van der Waals surface area contributed by atoms with Crippen molar-refractivity contribution in [1.29, 1.82) is 0 Å². The second-order valence-electron chi connectivity index (χ2n) is 4.94. The molecule has 0 spiro atoms. The van der Waals surface area contributed by atoms with Crippen LogP contribution in [0.3, 0.4) is 0 Å². The molecule has 0 saturated carbocycles. The first kappa shape index (κ1) is 20.0. The zero-order valence-corrected chi connectivity index (χ0v) is 16.0. The molecule has 0 unspecified atom stereocenters. The van der Waals surface area contributed by atoms with E-state index in [4.69, 9.17) is 23.2 Å². The van der Waals surface area contributed by atoms with Gasteiger partial charge in [-0.25, -0.2) is 13.1 Å². The lowest BCUT2D eigenvalue weighted by Gasteiger charge is -2.07. The Morgan fingerprint density at radius 3 is 2.40 bits per heavy atom. The Bertz CT molecular complexity index is 858. The van der Waals surface area contributed by atoms with E-state index >= 15 is 0 Å². The van der Waals surface area contributed by atoms with Crippen LogP contribution in [-0.2, 0) is 15.8 Å². The maximum Gasteiger partial charge on any atom is 0.269 e. The number of hydrogen-bond donors (Lipinski definition) is 1. The lowest BCUT2D eigenvalue weighted by atomic mass is 10.2. The summed E-state index contributed by atoms with van der Waals surface area (Å²) in [5.41, 5.74) is 0.767. The van der Waals surface area contributed by atoms with E-state index in [1.54, 1.807) is 12.1 Å². The van der Waals surface area contributed by atoms with Gasteiger partial charge in [-0.1, -0.05) is 29.3 Å². The zero-order valence-electron chi connectivity index (χ0n) is 12.8. The molecular weight excluding hydrogens is 407 g/mol. The van der Waals surface area contributed by atoms with Gasteiger partial charge in [0.25, 0.3) is 5.69 Å². The van der Waals surface area contributed by atoms with Crippen molar-refractivity contribution in [2.45, 2.75) is 10.6 Å². The van der Waals surface area contributed by atoms with Crippen LogP contribution in [0, 0.1) is 10.1 Å². The van der Waals surface area contributed by atoms with Crippen LogP contribution in [-0.4, -0.2) is 25.6 Å². The SMILES string of the molecule is O=[N+]([O-])c1ccc(S(=O)(=O)NCCSCc2ccc(Cl)cc2Cl)cc1. The van der Waals surface area contributed by atoms with Crippen LogP contribution in [0.5, 0.6) is 0 Å². The lowest BCUT2D eigenvalue weighted by Crippen LogP contribution is -2.26. The Kier molecular flexibility index (Phi) is 7.09. The van der Waals surface area contributed by atoms with Crippen molar-refractivity contribution in [2.75, 3.05) is 12.3 Å². The number of sulfonamides is 1. The maximum atomic E-state index is 12.1. The van der Waals surface area contributed by atoms with Crippen molar-refractivity contribution in [3.63, 3.8) is 0 Å². The summed E-state index contributed by atoms with van der Waals surface area (Å²) < 4.78 is 26.7. The van der Waals surface area contributed by atoms with E-state index in [9.17, 15) is 18.5 Å². The predicted octanol–water partition coefficient (Wildman–Crippen LogP) is 4.11. The number of nitro groups is 1. The highest BCUT2D eigenvalue weighted by molar-refractivity contribution is 7.98. The van der Waals surface area contributed by atoms with Gasteiger partial charge in [0.15, 0.2) is 0 Å². The zero-order chi connectivity index (χ0) is 18.4. The van der Waals surface area contributed by atoms with E-state index in [0.29, 0.717) is 21.6 Å². The number of halogens is 2. The molecule has 0 saturated heterocycles. The summed E-state index contributed by atoms with van der Waals surface area (Å²) in [6.07, 6.45) is 0. The lowest BCUT2D eigenvalue weighted by molar-refractivity contribution is -0.384. The van der Waals surface area contributed by atoms with Gasteiger partial charge in [0.1, 0.15) is 0 Å². The van der Waals surface area contributed by atoms with E-state index in [0.717, 1.165) is 17.7 Å². The van der Waals surface area contributed by atoms with Crippen molar-refractivity contribution < 1.29 is 13.3 Å². The summed E-state index contributed by atoms with van der Waals surface area (Å²) in [5.74, 6) is 1.18. The molecule has 6 nitrogen and oxygen atoms in total. The fourth-order valence-corrected chi connectivity index (χ4v) is 4.48. The van der Waals surface area contributed by atoms with Crippen LogP contribution in [0.4, 0.5) is 5.69 Å². The van der Waals surface area contributed by atoms with E-state index < -0.39 is 14.9 Å². The van der Waals surface area contributed by atoms with E-state index in [1.807, 2.05) is 6.07 Å². The van der Waals surface area contributed by atoms with Crippen molar-refractivity contribution in [3.05, 3.63) is 68.2 Å². The largest absolute Gasteiger partial charge is 0.269 e. The second kappa shape index (κ2) is 8.86. The minimum Gasteiger partial charge on any atom is -0.258 e. The number of nitro benzene ring substituents is 1. The number of nitrogens with zero attached hydrogens (tertiary/aromatic N) is 1. The third-order valence-corrected chi connectivity index (χ3v) is 6.24. The van der Waals surface area contributed by atoms with Crippen LogP contribution >= 0.6 is 35.0 Å². The van der Waals surface area contributed by atoms with Crippen molar-refractivity contribution >= 4 is 50.7 Å². The van der Waals surface area contributed by atoms with Gasteiger partial charge in [0.2, 0.25) is 10.0 Å². The van der Waals surface area contributed by atoms with Gasteiger partial charge in [0.05, 0.1) is 9.82 Å². The molecular formula is C15H14Cl2N2O4S2. The number of non-ortho nitro benzene ring substituents is 1. The number of hydrogen-bond acceptors (Lipinski definition) is 5. The van der Waals surface area contributed by atoms with E-state index in [2.05, 4.69) is 4.72 Å². The minimum atomic E-state index is -3.69. The molecule has 0 aliphatic carbocycles. The molecule has 0 atom stereocenters. The topological polar surface area (TPSA) is 89.3 Å². The average molecular weight is 421 g/mol. The highest BCUT2D eigenvalue weighted by Crippen LogP contribution is 2.24. The predicted molar refractivity (Wildman–Crippen MR) is 101 cm³/mol. The Labute approximate surface area is 159 Å². The summed E-state index contributed by atoms with van der Waals surface area (Å²) in [7, 11) is -3.69. The first-order valence-electron chi connectivity index (χ1n) is 7.05. The Hall–Kier alpha value is -1.32. The average Bonchev–Trinajstić information content (AvgIpc) is 2.56. The van der Waals surface area contributed by atoms with Crippen LogP contribution in [0.15, 0.2) is 47.4 Å². The summed E-state index contributed by atoms with van der Waals surface area (Å²) in [4.78, 5) is 10.00.